The molecule has 0 saturated carbocycles. The van der Waals surface area contributed by atoms with Gasteiger partial charge in [0.25, 0.3) is 0 Å². The van der Waals surface area contributed by atoms with Crippen molar-refractivity contribution in [3.8, 4) is 11.4 Å². The molecule has 0 bridgehead atoms. The molecule has 3 rings (SSSR count). The van der Waals surface area contributed by atoms with E-state index < -0.39 is 11.6 Å². The molecule has 2 aromatic heterocycles. The van der Waals surface area contributed by atoms with E-state index in [-0.39, 0.29) is 11.0 Å². The summed E-state index contributed by atoms with van der Waals surface area (Å²) in [5, 5.41) is 6.27. The Hall–Kier alpha value is -2.44. The summed E-state index contributed by atoms with van der Waals surface area (Å²) in [6.07, 6.45) is 1.46. The number of H-pyrrole nitrogens is 2. The lowest BCUT2D eigenvalue weighted by molar-refractivity contribution is 0.591. The van der Waals surface area contributed by atoms with Gasteiger partial charge in [-0.3, -0.25) is 5.10 Å². The van der Waals surface area contributed by atoms with E-state index in [9.17, 15) is 8.78 Å². The van der Waals surface area contributed by atoms with Crippen LogP contribution >= 0.6 is 0 Å². The van der Waals surface area contributed by atoms with E-state index in [0.717, 1.165) is 6.07 Å². The molecule has 0 unspecified atom stereocenters. The first kappa shape index (κ1) is 9.76. The van der Waals surface area contributed by atoms with Gasteiger partial charge in [-0.25, -0.2) is 13.8 Å². The molecule has 1 aromatic carbocycles. The molecule has 3 aromatic rings. The van der Waals surface area contributed by atoms with Crippen LogP contribution in [-0.2, 0) is 0 Å². The van der Waals surface area contributed by atoms with Gasteiger partial charge in [-0.05, 0) is 6.07 Å². The van der Waals surface area contributed by atoms with Crippen molar-refractivity contribution in [1.82, 2.24) is 20.2 Å². The normalized spacial score (nSPS) is 11.2. The first-order valence-corrected chi connectivity index (χ1v) is 4.79. The zero-order valence-electron chi connectivity index (χ0n) is 8.46. The van der Waals surface area contributed by atoms with Gasteiger partial charge in [-0.1, -0.05) is 0 Å². The van der Waals surface area contributed by atoms with Crippen LogP contribution < -0.4 is 5.73 Å². The van der Waals surface area contributed by atoms with Crippen LogP contribution in [0.1, 0.15) is 0 Å². The molecule has 0 fully saturated rings. The lowest BCUT2D eigenvalue weighted by Gasteiger charge is -1.90. The number of aromatic amines is 2. The van der Waals surface area contributed by atoms with Crippen molar-refractivity contribution in [2.45, 2.75) is 0 Å². The third-order valence-electron chi connectivity index (χ3n) is 2.43. The van der Waals surface area contributed by atoms with Crippen molar-refractivity contribution < 1.29 is 8.78 Å². The van der Waals surface area contributed by atoms with Crippen LogP contribution in [0, 0.1) is 11.6 Å². The van der Waals surface area contributed by atoms with Crippen molar-refractivity contribution >= 4 is 16.9 Å². The average Bonchev–Trinajstić information content (AvgIpc) is 2.83. The van der Waals surface area contributed by atoms with Crippen LogP contribution in [-0.4, -0.2) is 20.2 Å². The third kappa shape index (κ3) is 1.43. The van der Waals surface area contributed by atoms with Gasteiger partial charge in [-0.2, -0.15) is 5.10 Å². The Bertz CT molecular complexity index is 700. The molecule has 2 heterocycles. The monoisotopic (exact) mass is 235 g/mol. The zero-order chi connectivity index (χ0) is 12.0. The van der Waals surface area contributed by atoms with Gasteiger partial charge in [0.05, 0.1) is 17.3 Å². The van der Waals surface area contributed by atoms with Crippen LogP contribution in [0.2, 0.25) is 0 Å². The topological polar surface area (TPSA) is 83.4 Å². The lowest BCUT2D eigenvalue weighted by Crippen LogP contribution is -1.88. The van der Waals surface area contributed by atoms with Gasteiger partial charge >= 0.3 is 0 Å². The number of nitrogens with two attached hydrogens (primary N) is 1. The fourth-order valence-corrected chi connectivity index (χ4v) is 1.65. The first-order chi connectivity index (χ1) is 8.15. The second-order valence-electron chi connectivity index (χ2n) is 3.57. The van der Waals surface area contributed by atoms with E-state index in [2.05, 4.69) is 20.2 Å². The third-order valence-corrected chi connectivity index (χ3v) is 2.43. The van der Waals surface area contributed by atoms with Gasteiger partial charge in [0.2, 0.25) is 0 Å². The maximum absolute atomic E-state index is 13.4. The van der Waals surface area contributed by atoms with Crippen molar-refractivity contribution in [3.05, 3.63) is 30.0 Å². The highest BCUT2D eigenvalue weighted by atomic mass is 19.1. The highest BCUT2D eigenvalue weighted by molar-refractivity contribution is 5.81. The largest absolute Gasteiger partial charge is 0.383 e. The van der Waals surface area contributed by atoms with Crippen LogP contribution in [0.4, 0.5) is 14.6 Å². The molecule has 0 aliphatic heterocycles. The Morgan fingerprint density at radius 3 is 2.76 bits per heavy atom. The van der Waals surface area contributed by atoms with Crippen LogP contribution in [0.25, 0.3) is 22.4 Å². The van der Waals surface area contributed by atoms with Gasteiger partial charge in [-0.15, -0.1) is 0 Å². The summed E-state index contributed by atoms with van der Waals surface area (Å²) < 4.78 is 26.4. The van der Waals surface area contributed by atoms with Crippen LogP contribution in [0.5, 0.6) is 0 Å². The molecule has 0 spiro atoms. The van der Waals surface area contributed by atoms with Crippen molar-refractivity contribution in [1.29, 1.82) is 0 Å². The highest BCUT2D eigenvalue weighted by Gasteiger charge is 2.13. The Labute approximate surface area is 93.7 Å². The van der Waals surface area contributed by atoms with E-state index in [1.165, 1.54) is 12.3 Å². The molecule has 0 aliphatic rings. The second kappa shape index (κ2) is 3.27. The molecule has 0 saturated heterocycles. The maximum Gasteiger partial charge on any atom is 0.153 e. The van der Waals surface area contributed by atoms with Crippen LogP contribution in [0.3, 0.4) is 0 Å². The Morgan fingerprint density at radius 1 is 1.24 bits per heavy atom. The SMILES string of the molecule is Nc1[nH]ncc1-c1nc2c(F)cc(F)cc2[nH]1. The zero-order valence-corrected chi connectivity index (χ0v) is 8.46. The number of imidazole rings is 1. The summed E-state index contributed by atoms with van der Waals surface area (Å²) in [6, 6.07) is 1.96. The second-order valence-corrected chi connectivity index (χ2v) is 3.57. The number of benzene rings is 1. The molecule has 5 nitrogen and oxygen atoms in total. The maximum atomic E-state index is 13.4. The lowest BCUT2D eigenvalue weighted by atomic mass is 10.3. The molecular formula is C10H7F2N5. The summed E-state index contributed by atoms with van der Waals surface area (Å²) in [7, 11) is 0. The van der Waals surface area contributed by atoms with Gasteiger partial charge < -0.3 is 10.7 Å². The summed E-state index contributed by atoms with van der Waals surface area (Å²) in [5.41, 5.74) is 6.48. The predicted molar refractivity (Wildman–Crippen MR) is 58.0 cm³/mol. The molecule has 17 heavy (non-hydrogen) atoms. The summed E-state index contributed by atoms with van der Waals surface area (Å²) in [5.74, 6) is -0.726. The summed E-state index contributed by atoms with van der Waals surface area (Å²) in [6.45, 7) is 0. The molecule has 4 N–H and O–H groups in total. The summed E-state index contributed by atoms with van der Waals surface area (Å²) >= 11 is 0. The number of fused-ring (bicyclic) bond motifs is 1. The molecule has 0 aliphatic carbocycles. The Balaban J connectivity index is 2.27. The van der Waals surface area contributed by atoms with Gasteiger partial charge in [0.15, 0.2) is 5.82 Å². The fraction of sp³-hybridized carbons (Fsp3) is 0. The van der Waals surface area contributed by atoms with E-state index in [0.29, 0.717) is 17.2 Å². The molecule has 0 amide bonds. The molecular weight excluding hydrogens is 228 g/mol. The minimum Gasteiger partial charge on any atom is -0.383 e. The quantitative estimate of drug-likeness (QED) is 0.601. The number of halogens is 2. The first-order valence-electron chi connectivity index (χ1n) is 4.79. The Morgan fingerprint density at radius 2 is 2.06 bits per heavy atom. The molecule has 7 heteroatoms. The number of anilines is 1. The predicted octanol–water partition coefficient (Wildman–Crippen LogP) is 1.81. The molecule has 86 valence electrons. The number of rotatable bonds is 1. The van der Waals surface area contributed by atoms with Crippen LogP contribution in [0.15, 0.2) is 18.3 Å². The van der Waals surface area contributed by atoms with E-state index in [1.807, 2.05) is 0 Å². The minimum atomic E-state index is -0.718. The number of aromatic nitrogens is 4. The van der Waals surface area contributed by atoms with E-state index >= 15 is 0 Å². The summed E-state index contributed by atoms with van der Waals surface area (Å²) in [4.78, 5) is 6.81. The van der Waals surface area contributed by atoms with E-state index in [1.54, 1.807) is 0 Å². The number of hydrogen-bond acceptors (Lipinski definition) is 3. The fourth-order valence-electron chi connectivity index (χ4n) is 1.65. The number of nitrogen functional groups attached to an aromatic ring is 1. The highest BCUT2D eigenvalue weighted by Crippen LogP contribution is 2.25. The molecule has 0 atom stereocenters. The number of nitrogens with one attached hydrogen (secondary N) is 2. The standard InChI is InChI=1S/C10H7F2N5/c11-4-1-6(12)8-7(2-4)15-10(16-8)5-3-14-17-9(5)13/h1-3H,(H,15,16)(H3,13,14,17). The van der Waals surface area contributed by atoms with Gasteiger partial charge in [0, 0.05) is 6.07 Å². The minimum absolute atomic E-state index is 0.0713. The van der Waals surface area contributed by atoms with E-state index in [4.69, 9.17) is 5.73 Å². The smallest absolute Gasteiger partial charge is 0.153 e. The van der Waals surface area contributed by atoms with Gasteiger partial charge in [0.1, 0.15) is 23.0 Å². The number of hydrogen-bond donors (Lipinski definition) is 3. The Kier molecular flexibility index (Phi) is 1.88. The average molecular weight is 235 g/mol. The van der Waals surface area contributed by atoms with Crippen molar-refractivity contribution in [2.75, 3.05) is 5.73 Å². The van der Waals surface area contributed by atoms with Crippen molar-refractivity contribution in [3.63, 3.8) is 0 Å². The van der Waals surface area contributed by atoms with Crippen molar-refractivity contribution in [2.24, 2.45) is 0 Å². The number of nitrogens with zero attached hydrogens (tertiary/aromatic N) is 2. The molecule has 0 radical (unpaired) electrons.